The van der Waals surface area contributed by atoms with E-state index in [4.69, 9.17) is 9.47 Å². The number of nitrogens with one attached hydrogen (secondary N) is 2. The van der Waals surface area contributed by atoms with Gasteiger partial charge in [0.1, 0.15) is 0 Å². The number of aryl methyl sites for hydroxylation is 1. The summed E-state index contributed by atoms with van der Waals surface area (Å²) in [5, 5.41) is 9.43. The van der Waals surface area contributed by atoms with E-state index in [1.165, 1.54) is 0 Å². The second kappa shape index (κ2) is 11.5. The third-order valence-corrected chi connectivity index (χ3v) is 5.29. The highest BCUT2D eigenvalue weighted by molar-refractivity contribution is 5.76. The molecule has 1 atom stereocenters. The molecule has 1 aliphatic rings. The van der Waals surface area contributed by atoms with Gasteiger partial charge in [0.25, 0.3) is 5.56 Å². The molecule has 3 rings (SSSR count). The van der Waals surface area contributed by atoms with Gasteiger partial charge in [0.2, 0.25) is 11.9 Å². The summed E-state index contributed by atoms with van der Waals surface area (Å²) in [6.45, 7) is 7.41. The van der Waals surface area contributed by atoms with Crippen LogP contribution in [0, 0.1) is 13.8 Å². The monoisotopic (exact) mass is 445 g/mol. The van der Waals surface area contributed by atoms with E-state index in [-0.39, 0.29) is 17.5 Å². The lowest BCUT2D eigenvalue weighted by atomic mass is 10.2. The van der Waals surface area contributed by atoms with E-state index >= 15 is 0 Å². The zero-order valence-corrected chi connectivity index (χ0v) is 18.8. The van der Waals surface area contributed by atoms with Gasteiger partial charge in [-0.25, -0.2) is 15.1 Å². The summed E-state index contributed by atoms with van der Waals surface area (Å²) in [5.74, 6) is 0.772. The molecule has 11 heteroatoms. The maximum Gasteiger partial charge on any atom is 0.269 e. The second-order valence-corrected chi connectivity index (χ2v) is 7.79. The molecule has 11 nitrogen and oxygen atoms in total. The number of rotatable bonds is 10. The van der Waals surface area contributed by atoms with Gasteiger partial charge in [0.15, 0.2) is 0 Å². The first-order valence-electron chi connectivity index (χ1n) is 10.7. The number of aromatic nitrogens is 4. The zero-order valence-electron chi connectivity index (χ0n) is 18.8. The number of aromatic amines is 1. The van der Waals surface area contributed by atoms with Crippen molar-refractivity contribution < 1.29 is 14.3 Å². The molecular formula is C21H31N7O4. The summed E-state index contributed by atoms with van der Waals surface area (Å²) in [5.41, 5.74) is 1.96. The van der Waals surface area contributed by atoms with Crippen LogP contribution in [0.2, 0.25) is 0 Å². The van der Waals surface area contributed by atoms with E-state index in [0.29, 0.717) is 69.6 Å². The van der Waals surface area contributed by atoms with Crippen molar-refractivity contribution in [1.82, 2.24) is 25.1 Å². The molecule has 174 valence electrons. The van der Waals surface area contributed by atoms with Gasteiger partial charge in [-0.05, 0) is 19.4 Å². The van der Waals surface area contributed by atoms with Crippen molar-refractivity contribution in [2.45, 2.75) is 26.3 Å². The van der Waals surface area contributed by atoms with Crippen LogP contribution in [0.15, 0.2) is 23.4 Å². The predicted octanol–water partition coefficient (Wildman–Crippen LogP) is 0.359. The zero-order chi connectivity index (χ0) is 22.9. The minimum atomic E-state index is -0.244. The molecule has 2 N–H and O–H groups in total. The smallest absolute Gasteiger partial charge is 0.269 e. The Hall–Kier alpha value is -3.05. The van der Waals surface area contributed by atoms with Crippen LogP contribution in [-0.2, 0) is 14.3 Å². The van der Waals surface area contributed by atoms with Crippen molar-refractivity contribution >= 4 is 17.5 Å². The van der Waals surface area contributed by atoms with Crippen LogP contribution in [0.3, 0.4) is 0 Å². The van der Waals surface area contributed by atoms with E-state index in [1.54, 1.807) is 32.6 Å². The number of nitrogens with zero attached hydrogens (tertiary/aromatic N) is 5. The van der Waals surface area contributed by atoms with E-state index in [0.717, 1.165) is 5.56 Å². The fraction of sp³-hybridized carbons (Fsp3) is 0.571. The highest BCUT2D eigenvalue weighted by Gasteiger charge is 2.22. The summed E-state index contributed by atoms with van der Waals surface area (Å²) in [6, 6.07) is -0.171. The number of hydrogen-bond donors (Lipinski definition) is 2. The third kappa shape index (κ3) is 6.47. The van der Waals surface area contributed by atoms with Gasteiger partial charge in [0.05, 0.1) is 44.2 Å². The van der Waals surface area contributed by atoms with E-state index in [1.807, 2.05) is 11.8 Å². The number of anilines is 2. The molecule has 0 unspecified atom stereocenters. The average Bonchev–Trinajstić information content (AvgIpc) is 2.80. The fourth-order valence-corrected chi connectivity index (χ4v) is 3.40. The Morgan fingerprint density at radius 2 is 1.88 bits per heavy atom. The van der Waals surface area contributed by atoms with Crippen LogP contribution in [0.25, 0.3) is 0 Å². The largest absolute Gasteiger partial charge is 0.382 e. The Morgan fingerprint density at radius 3 is 2.56 bits per heavy atom. The Labute approximate surface area is 187 Å². The van der Waals surface area contributed by atoms with Crippen molar-refractivity contribution in [3.8, 4) is 0 Å². The molecule has 2 aromatic heterocycles. The lowest BCUT2D eigenvalue weighted by Crippen LogP contribution is -2.49. The van der Waals surface area contributed by atoms with E-state index in [9.17, 15) is 9.59 Å². The van der Waals surface area contributed by atoms with Gasteiger partial charge in [-0.3, -0.25) is 9.59 Å². The van der Waals surface area contributed by atoms with Crippen LogP contribution < -0.4 is 15.8 Å². The Bertz CT molecular complexity index is 926. The normalized spacial score (nSPS) is 15.0. The van der Waals surface area contributed by atoms with Gasteiger partial charge >= 0.3 is 0 Å². The first-order valence-corrected chi connectivity index (χ1v) is 10.7. The molecular weight excluding hydrogens is 414 g/mol. The number of carbonyl (C=O) groups is 1. The van der Waals surface area contributed by atoms with Crippen LogP contribution in [0.4, 0.5) is 11.6 Å². The quantitative estimate of drug-likeness (QED) is 0.499. The minimum Gasteiger partial charge on any atom is -0.382 e. The van der Waals surface area contributed by atoms with Gasteiger partial charge < -0.3 is 24.6 Å². The Balaban J connectivity index is 1.39. The van der Waals surface area contributed by atoms with Crippen LogP contribution >= 0.6 is 0 Å². The molecule has 0 saturated carbocycles. The highest BCUT2D eigenvalue weighted by Crippen LogP contribution is 2.12. The minimum absolute atomic E-state index is 0.0698. The number of ether oxygens (including phenoxy) is 2. The molecule has 1 aliphatic heterocycles. The van der Waals surface area contributed by atoms with Crippen LogP contribution in [0.1, 0.15) is 17.5 Å². The predicted molar refractivity (Wildman–Crippen MR) is 120 cm³/mol. The SMILES string of the molecule is COC[C@@H](COCCC(=O)N1CCN(c2ncc(C)cn2)CC1)Nc1cn[nH]c(=O)c1C. The van der Waals surface area contributed by atoms with Crippen molar-refractivity contribution in [1.29, 1.82) is 0 Å². The molecule has 0 spiro atoms. The lowest BCUT2D eigenvalue weighted by molar-refractivity contribution is -0.132. The molecule has 1 amide bonds. The summed E-state index contributed by atoms with van der Waals surface area (Å²) in [6.07, 6.45) is 5.48. The molecule has 0 aliphatic carbocycles. The second-order valence-electron chi connectivity index (χ2n) is 7.79. The maximum atomic E-state index is 12.5. The highest BCUT2D eigenvalue weighted by atomic mass is 16.5. The number of amides is 1. The Kier molecular flexibility index (Phi) is 8.51. The molecule has 2 aromatic rings. The number of methoxy groups -OCH3 is 1. The Morgan fingerprint density at radius 1 is 1.16 bits per heavy atom. The number of H-pyrrole nitrogens is 1. The molecule has 32 heavy (non-hydrogen) atoms. The third-order valence-electron chi connectivity index (χ3n) is 5.29. The maximum absolute atomic E-state index is 12.5. The molecule has 1 saturated heterocycles. The fourth-order valence-electron chi connectivity index (χ4n) is 3.40. The molecule has 1 fully saturated rings. The van der Waals surface area contributed by atoms with Crippen LogP contribution in [-0.4, -0.2) is 90.1 Å². The lowest BCUT2D eigenvalue weighted by Gasteiger charge is -2.34. The first-order chi connectivity index (χ1) is 15.5. The molecule has 0 radical (unpaired) electrons. The van der Waals surface area contributed by atoms with E-state index < -0.39 is 0 Å². The average molecular weight is 446 g/mol. The number of hydrogen-bond acceptors (Lipinski definition) is 9. The molecule has 3 heterocycles. The summed E-state index contributed by atoms with van der Waals surface area (Å²) >= 11 is 0. The number of piperazine rings is 1. The van der Waals surface area contributed by atoms with Crippen molar-refractivity contribution in [2.75, 3.05) is 63.3 Å². The summed E-state index contributed by atoms with van der Waals surface area (Å²) in [7, 11) is 1.60. The molecule has 0 bridgehead atoms. The van der Waals surface area contributed by atoms with E-state index in [2.05, 4.69) is 30.4 Å². The van der Waals surface area contributed by atoms with Gasteiger partial charge in [0, 0.05) is 51.2 Å². The van der Waals surface area contributed by atoms with Crippen molar-refractivity contribution in [3.05, 3.63) is 40.1 Å². The van der Waals surface area contributed by atoms with Gasteiger partial charge in [-0.2, -0.15) is 5.10 Å². The topological polar surface area (TPSA) is 126 Å². The number of carbonyl (C=O) groups excluding carboxylic acids is 1. The van der Waals surface area contributed by atoms with Gasteiger partial charge in [-0.1, -0.05) is 0 Å². The summed E-state index contributed by atoms with van der Waals surface area (Å²) < 4.78 is 11.0. The molecule has 0 aromatic carbocycles. The standard InChI is InChI=1S/C21H31N7O4/c1-15-10-22-21(23-11-15)28-7-5-27(6-8-28)19(29)4-9-32-14-17(13-31-3)25-18-12-24-26-20(30)16(18)2/h10-12,17H,4-9,13-14H2,1-3H3,(H2,25,26,30)/t17-/m0/s1. The van der Waals surface area contributed by atoms with Crippen molar-refractivity contribution in [3.63, 3.8) is 0 Å². The van der Waals surface area contributed by atoms with Crippen LogP contribution in [0.5, 0.6) is 0 Å². The van der Waals surface area contributed by atoms with Crippen molar-refractivity contribution in [2.24, 2.45) is 0 Å². The van der Waals surface area contributed by atoms with Gasteiger partial charge in [-0.15, -0.1) is 0 Å². The first kappa shape index (κ1) is 23.6. The summed E-state index contributed by atoms with van der Waals surface area (Å²) in [4.78, 5) is 36.9.